The highest BCUT2D eigenvalue weighted by atomic mass is 32.2. The van der Waals surface area contributed by atoms with Crippen molar-refractivity contribution in [3.05, 3.63) is 107 Å². The quantitative estimate of drug-likeness (QED) is 0.219. The van der Waals surface area contributed by atoms with Crippen LogP contribution in [0.2, 0.25) is 0 Å². The van der Waals surface area contributed by atoms with Crippen LogP contribution < -0.4 is 4.74 Å². The molecule has 0 spiro atoms. The lowest BCUT2D eigenvalue weighted by atomic mass is 9.87. The third-order valence-corrected chi connectivity index (χ3v) is 6.15. The number of aliphatic carboxylic acids is 1. The highest BCUT2D eigenvalue weighted by molar-refractivity contribution is 7.99. The molecule has 3 aromatic carbocycles. The Morgan fingerprint density at radius 1 is 1.00 bits per heavy atom. The second-order valence-electron chi connectivity index (χ2n) is 7.52. The number of para-hydroxylation sites is 1. The Bertz CT molecular complexity index is 1020. The summed E-state index contributed by atoms with van der Waals surface area (Å²) in [7, 11) is 1.66. The predicted molar refractivity (Wildman–Crippen MR) is 129 cm³/mol. The highest BCUT2D eigenvalue weighted by Crippen LogP contribution is 2.33. The van der Waals surface area contributed by atoms with E-state index in [0.717, 1.165) is 21.6 Å². The number of hydrogen-bond donors (Lipinski definition) is 1. The minimum absolute atomic E-state index is 0.506. The highest BCUT2D eigenvalue weighted by Gasteiger charge is 2.27. The van der Waals surface area contributed by atoms with Crippen LogP contribution in [-0.2, 0) is 16.0 Å². The number of aryl methyl sites for hydroxylation is 1. The fraction of sp³-hybridized carbons (Fsp3) is 0.222. The molecule has 0 saturated carbocycles. The molecule has 1 unspecified atom stereocenters. The summed E-state index contributed by atoms with van der Waals surface area (Å²) in [5, 5.41) is 10.2. The Balaban J connectivity index is 2.03. The number of ether oxygens (including phenoxy) is 2. The van der Waals surface area contributed by atoms with E-state index in [1.807, 2.05) is 92.7 Å². The zero-order valence-corrected chi connectivity index (χ0v) is 19.4. The van der Waals surface area contributed by atoms with Crippen LogP contribution in [0.4, 0.5) is 0 Å². The summed E-state index contributed by atoms with van der Waals surface area (Å²) in [4.78, 5) is 13.5. The number of carboxylic acid groups (broad SMARTS) is 1. The summed E-state index contributed by atoms with van der Waals surface area (Å²) in [5.41, 5.74) is 3.44. The number of thioether (sulfide) groups is 1. The van der Waals surface area contributed by atoms with E-state index in [-0.39, 0.29) is 0 Å². The van der Waals surface area contributed by atoms with Gasteiger partial charge in [0.05, 0.1) is 5.94 Å². The average molecular weight is 449 g/mol. The van der Waals surface area contributed by atoms with E-state index in [9.17, 15) is 9.90 Å². The molecule has 0 aliphatic carbocycles. The molecule has 1 atom stereocenters. The van der Waals surface area contributed by atoms with Gasteiger partial charge in [0.1, 0.15) is 17.4 Å². The summed E-state index contributed by atoms with van der Waals surface area (Å²) in [6.45, 7) is 3.80. The largest absolute Gasteiger partial charge is 0.481 e. The molecule has 0 aliphatic heterocycles. The summed E-state index contributed by atoms with van der Waals surface area (Å²) in [6, 6.07) is 25.3. The Morgan fingerprint density at radius 3 is 2.25 bits per heavy atom. The van der Waals surface area contributed by atoms with Crippen LogP contribution in [0.15, 0.2) is 95.1 Å². The fourth-order valence-electron chi connectivity index (χ4n) is 3.57. The summed E-state index contributed by atoms with van der Waals surface area (Å²) < 4.78 is 11.4. The average Bonchev–Trinajstić information content (AvgIpc) is 2.80. The molecule has 32 heavy (non-hydrogen) atoms. The van der Waals surface area contributed by atoms with Crippen LogP contribution in [-0.4, -0.2) is 24.1 Å². The molecule has 0 bridgehead atoms. The van der Waals surface area contributed by atoms with Gasteiger partial charge in [0.25, 0.3) is 0 Å². The normalized spacial score (nSPS) is 12.7. The zero-order valence-electron chi connectivity index (χ0n) is 18.6. The van der Waals surface area contributed by atoms with Gasteiger partial charge >= 0.3 is 5.97 Å². The van der Waals surface area contributed by atoms with Gasteiger partial charge in [0, 0.05) is 18.4 Å². The first kappa shape index (κ1) is 23.6. The minimum atomic E-state index is -0.898. The zero-order chi connectivity index (χ0) is 22.9. The molecule has 0 aliphatic rings. The number of allylic oxidation sites excluding steroid dienone is 1. The number of carboxylic acids is 1. The topological polar surface area (TPSA) is 55.8 Å². The smallest absolute Gasteiger partial charge is 0.315 e. The summed E-state index contributed by atoms with van der Waals surface area (Å²) in [5.74, 6) is 0.174. The van der Waals surface area contributed by atoms with Gasteiger partial charge in [-0.05, 0) is 60.4 Å². The van der Waals surface area contributed by atoms with E-state index in [0.29, 0.717) is 29.4 Å². The van der Waals surface area contributed by atoms with E-state index in [2.05, 4.69) is 0 Å². The molecule has 4 nitrogen and oxygen atoms in total. The Hall–Kier alpha value is -3.02. The molecule has 0 aromatic heterocycles. The first-order valence-corrected chi connectivity index (χ1v) is 11.4. The number of hydrogen-bond acceptors (Lipinski definition) is 4. The van der Waals surface area contributed by atoms with Crippen molar-refractivity contribution in [1.82, 2.24) is 0 Å². The number of methoxy groups -OCH3 is 1. The Labute approximate surface area is 193 Å². The number of benzene rings is 3. The molecule has 5 heteroatoms. The van der Waals surface area contributed by atoms with E-state index >= 15 is 0 Å². The molecule has 0 heterocycles. The van der Waals surface area contributed by atoms with E-state index in [1.54, 1.807) is 18.9 Å². The first-order valence-electron chi connectivity index (χ1n) is 10.4. The van der Waals surface area contributed by atoms with Gasteiger partial charge in [-0.15, -0.1) is 0 Å². The van der Waals surface area contributed by atoms with E-state index < -0.39 is 11.9 Å². The maximum absolute atomic E-state index is 12.4. The molecule has 0 amide bonds. The predicted octanol–water partition coefficient (Wildman–Crippen LogP) is 6.45. The monoisotopic (exact) mass is 448 g/mol. The molecular formula is C27H28O4S. The van der Waals surface area contributed by atoms with Gasteiger partial charge in [0.2, 0.25) is 0 Å². The molecule has 0 radical (unpaired) electrons. The third kappa shape index (κ3) is 6.25. The lowest BCUT2D eigenvalue weighted by Crippen LogP contribution is -2.18. The van der Waals surface area contributed by atoms with Crippen LogP contribution in [0.5, 0.6) is 5.75 Å². The van der Waals surface area contributed by atoms with Crippen molar-refractivity contribution in [1.29, 1.82) is 0 Å². The molecule has 1 N–H and O–H groups in total. The van der Waals surface area contributed by atoms with Crippen LogP contribution >= 0.6 is 11.8 Å². The summed E-state index contributed by atoms with van der Waals surface area (Å²) >= 11 is 1.58. The van der Waals surface area contributed by atoms with Crippen molar-refractivity contribution >= 4 is 17.7 Å². The minimum Gasteiger partial charge on any atom is -0.481 e. The third-order valence-electron chi connectivity index (χ3n) is 5.21. The molecule has 0 fully saturated rings. The Kier molecular flexibility index (Phi) is 8.54. The maximum Gasteiger partial charge on any atom is 0.315 e. The van der Waals surface area contributed by atoms with Crippen molar-refractivity contribution in [2.75, 3.05) is 13.0 Å². The van der Waals surface area contributed by atoms with Crippen molar-refractivity contribution in [3.8, 4) is 5.75 Å². The number of carbonyl (C=O) groups is 1. The van der Waals surface area contributed by atoms with E-state index in [4.69, 9.17) is 9.47 Å². The van der Waals surface area contributed by atoms with Crippen molar-refractivity contribution in [2.45, 2.75) is 31.1 Å². The molecule has 3 aromatic rings. The van der Waals surface area contributed by atoms with Gasteiger partial charge in [-0.1, -0.05) is 66.4 Å². The van der Waals surface area contributed by atoms with Gasteiger partial charge in [0.15, 0.2) is 0 Å². The molecular weight excluding hydrogens is 420 g/mol. The standard InChI is InChI=1S/C27H28O4S/c1-19-16-23(32-18-30-3)14-15-24(19)26(27(28)29)20(2)25(17-21-10-6-4-7-11-21)31-22-12-8-5-9-13-22/h4-16,26H,17-18H2,1-3H3,(H,28,29). The second-order valence-corrected chi connectivity index (χ2v) is 8.52. The fourth-order valence-corrected chi connectivity index (χ4v) is 4.25. The van der Waals surface area contributed by atoms with E-state index in [1.165, 1.54) is 0 Å². The Morgan fingerprint density at radius 2 is 1.66 bits per heavy atom. The van der Waals surface area contributed by atoms with Gasteiger partial charge in [-0.25, -0.2) is 0 Å². The van der Waals surface area contributed by atoms with Gasteiger partial charge in [-0.3, -0.25) is 4.79 Å². The molecule has 3 rings (SSSR count). The van der Waals surface area contributed by atoms with Crippen LogP contribution in [0.1, 0.15) is 29.5 Å². The second kappa shape index (κ2) is 11.6. The lowest BCUT2D eigenvalue weighted by molar-refractivity contribution is -0.137. The SMILES string of the molecule is COCSc1ccc(C(C(=O)O)C(C)=C(Cc2ccccc2)Oc2ccccc2)c(C)c1. The van der Waals surface area contributed by atoms with Crippen LogP contribution in [0, 0.1) is 6.92 Å². The van der Waals surface area contributed by atoms with Crippen molar-refractivity contribution in [3.63, 3.8) is 0 Å². The molecule has 0 saturated heterocycles. The lowest BCUT2D eigenvalue weighted by Gasteiger charge is -2.21. The molecule has 166 valence electrons. The maximum atomic E-state index is 12.4. The van der Waals surface area contributed by atoms with Crippen molar-refractivity contribution in [2.24, 2.45) is 0 Å². The first-order chi connectivity index (χ1) is 15.5. The van der Waals surface area contributed by atoms with Crippen molar-refractivity contribution < 1.29 is 19.4 Å². The van der Waals surface area contributed by atoms with Crippen LogP contribution in [0.25, 0.3) is 0 Å². The van der Waals surface area contributed by atoms with Gasteiger partial charge < -0.3 is 14.6 Å². The van der Waals surface area contributed by atoms with Gasteiger partial charge in [-0.2, -0.15) is 0 Å². The van der Waals surface area contributed by atoms with Crippen LogP contribution in [0.3, 0.4) is 0 Å². The summed E-state index contributed by atoms with van der Waals surface area (Å²) in [6.07, 6.45) is 0.506. The number of rotatable bonds is 10.